The SMILES string of the molecule is CCOC(=O)c1ccc2nc(C)cc(-c3cccc4ccccc34)c2c1. The van der Waals surface area contributed by atoms with Crippen molar-refractivity contribution in [3.05, 3.63) is 78.0 Å². The number of benzene rings is 3. The van der Waals surface area contributed by atoms with E-state index in [0.29, 0.717) is 12.2 Å². The summed E-state index contributed by atoms with van der Waals surface area (Å²) in [7, 11) is 0. The molecule has 0 aliphatic rings. The fraction of sp³-hybridized carbons (Fsp3) is 0.130. The number of carbonyl (C=O) groups is 1. The van der Waals surface area contributed by atoms with Gasteiger partial charge in [0.25, 0.3) is 0 Å². The smallest absolute Gasteiger partial charge is 0.338 e. The van der Waals surface area contributed by atoms with Gasteiger partial charge in [0, 0.05) is 11.1 Å². The number of pyridine rings is 1. The minimum Gasteiger partial charge on any atom is -0.462 e. The number of esters is 1. The highest BCUT2D eigenvalue weighted by atomic mass is 16.5. The summed E-state index contributed by atoms with van der Waals surface area (Å²) in [4.78, 5) is 16.8. The Balaban J connectivity index is 2.01. The van der Waals surface area contributed by atoms with Crippen LogP contribution in [0.4, 0.5) is 0 Å². The van der Waals surface area contributed by atoms with Crippen molar-refractivity contribution in [2.24, 2.45) is 0 Å². The Morgan fingerprint density at radius 1 is 0.923 bits per heavy atom. The zero-order chi connectivity index (χ0) is 18.1. The van der Waals surface area contributed by atoms with Gasteiger partial charge >= 0.3 is 5.97 Å². The van der Waals surface area contributed by atoms with Crippen LogP contribution < -0.4 is 0 Å². The zero-order valence-electron chi connectivity index (χ0n) is 14.8. The van der Waals surface area contributed by atoms with E-state index < -0.39 is 0 Å². The monoisotopic (exact) mass is 341 g/mol. The molecule has 0 saturated heterocycles. The van der Waals surface area contributed by atoms with Gasteiger partial charge in [-0.25, -0.2) is 4.79 Å². The molecule has 4 aromatic rings. The van der Waals surface area contributed by atoms with Gasteiger partial charge < -0.3 is 4.74 Å². The molecule has 26 heavy (non-hydrogen) atoms. The largest absolute Gasteiger partial charge is 0.462 e. The number of aromatic nitrogens is 1. The van der Waals surface area contributed by atoms with E-state index in [2.05, 4.69) is 41.4 Å². The summed E-state index contributed by atoms with van der Waals surface area (Å²) in [5, 5.41) is 3.33. The van der Waals surface area contributed by atoms with E-state index in [0.717, 1.165) is 27.7 Å². The summed E-state index contributed by atoms with van der Waals surface area (Å²) in [6.07, 6.45) is 0. The molecule has 3 nitrogen and oxygen atoms in total. The first-order valence-corrected chi connectivity index (χ1v) is 8.74. The van der Waals surface area contributed by atoms with Crippen LogP contribution in [0.25, 0.3) is 32.8 Å². The number of nitrogens with zero attached hydrogens (tertiary/aromatic N) is 1. The summed E-state index contributed by atoms with van der Waals surface area (Å²) >= 11 is 0. The average Bonchev–Trinajstić information content (AvgIpc) is 2.66. The fourth-order valence-electron chi connectivity index (χ4n) is 3.38. The van der Waals surface area contributed by atoms with Gasteiger partial charge in [0.1, 0.15) is 0 Å². The van der Waals surface area contributed by atoms with Gasteiger partial charge in [-0.15, -0.1) is 0 Å². The van der Waals surface area contributed by atoms with Crippen molar-refractivity contribution in [2.75, 3.05) is 6.61 Å². The molecular formula is C23H19NO2. The zero-order valence-corrected chi connectivity index (χ0v) is 14.8. The van der Waals surface area contributed by atoms with E-state index in [9.17, 15) is 4.79 Å². The van der Waals surface area contributed by atoms with Gasteiger partial charge in [0.05, 0.1) is 17.7 Å². The maximum atomic E-state index is 12.2. The summed E-state index contributed by atoms with van der Waals surface area (Å²) in [5.74, 6) is -0.307. The molecule has 3 heteroatoms. The van der Waals surface area contributed by atoms with Crippen molar-refractivity contribution >= 4 is 27.6 Å². The molecule has 0 fully saturated rings. The predicted molar refractivity (Wildman–Crippen MR) is 105 cm³/mol. The van der Waals surface area contributed by atoms with Crippen molar-refractivity contribution in [3.8, 4) is 11.1 Å². The quantitative estimate of drug-likeness (QED) is 0.459. The van der Waals surface area contributed by atoms with E-state index in [1.165, 1.54) is 10.8 Å². The molecule has 0 saturated carbocycles. The summed E-state index contributed by atoms with van der Waals surface area (Å²) < 4.78 is 5.16. The molecule has 128 valence electrons. The van der Waals surface area contributed by atoms with E-state index in [-0.39, 0.29) is 5.97 Å². The fourth-order valence-corrected chi connectivity index (χ4v) is 3.38. The highest BCUT2D eigenvalue weighted by Gasteiger charge is 2.13. The minimum atomic E-state index is -0.307. The Kier molecular flexibility index (Phi) is 4.13. The predicted octanol–water partition coefficient (Wildman–Crippen LogP) is 5.54. The molecule has 0 aliphatic heterocycles. The molecule has 0 spiro atoms. The number of ether oxygens (including phenoxy) is 1. The second kappa shape index (κ2) is 6.60. The highest BCUT2D eigenvalue weighted by molar-refractivity contribution is 6.06. The van der Waals surface area contributed by atoms with Gasteiger partial charge in [-0.05, 0) is 60.0 Å². The highest BCUT2D eigenvalue weighted by Crippen LogP contribution is 2.34. The van der Waals surface area contributed by atoms with Crippen molar-refractivity contribution in [3.63, 3.8) is 0 Å². The third-order valence-corrected chi connectivity index (χ3v) is 4.53. The van der Waals surface area contributed by atoms with Crippen molar-refractivity contribution in [2.45, 2.75) is 13.8 Å². The van der Waals surface area contributed by atoms with Gasteiger partial charge in [0.2, 0.25) is 0 Å². The first kappa shape index (κ1) is 16.3. The van der Waals surface area contributed by atoms with E-state index in [1.807, 2.05) is 38.1 Å². The van der Waals surface area contributed by atoms with Crippen LogP contribution in [0.3, 0.4) is 0 Å². The normalized spacial score (nSPS) is 11.0. The maximum Gasteiger partial charge on any atom is 0.338 e. The van der Waals surface area contributed by atoms with Gasteiger partial charge in [-0.1, -0.05) is 42.5 Å². The third kappa shape index (κ3) is 2.82. The first-order valence-electron chi connectivity index (χ1n) is 8.74. The summed E-state index contributed by atoms with van der Waals surface area (Å²) in [5.41, 5.74) is 4.59. The van der Waals surface area contributed by atoms with Crippen LogP contribution in [0.5, 0.6) is 0 Å². The molecule has 0 unspecified atom stereocenters. The first-order chi connectivity index (χ1) is 12.7. The van der Waals surface area contributed by atoms with Crippen LogP contribution in [0, 0.1) is 6.92 Å². The summed E-state index contributed by atoms with van der Waals surface area (Å²) in [6.45, 7) is 4.16. The Hall–Kier alpha value is -3.20. The average molecular weight is 341 g/mol. The van der Waals surface area contributed by atoms with Crippen LogP contribution in [-0.2, 0) is 4.74 Å². The van der Waals surface area contributed by atoms with Crippen molar-refractivity contribution in [1.82, 2.24) is 4.98 Å². The van der Waals surface area contributed by atoms with Crippen LogP contribution in [-0.4, -0.2) is 17.6 Å². The molecule has 0 radical (unpaired) electrons. The standard InChI is InChI=1S/C23H19NO2/c1-3-26-23(25)17-11-12-22-21(14-17)20(13-15(2)24-22)19-10-6-8-16-7-4-5-9-18(16)19/h4-14H,3H2,1-2H3. The van der Waals surface area contributed by atoms with Gasteiger partial charge in [-0.3, -0.25) is 4.98 Å². The molecule has 4 rings (SSSR count). The lowest BCUT2D eigenvalue weighted by Crippen LogP contribution is -2.04. The second-order valence-electron chi connectivity index (χ2n) is 6.29. The maximum absolute atomic E-state index is 12.2. The van der Waals surface area contributed by atoms with Crippen molar-refractivity contribution in [1.29, 1.82) is 0 Å². The molecule has 0 bridgehead atoms. The van der Waals surface area contributed by atoms with Gasteiger partial charge in [-0.2, -0.15) is 0 Å². The number of hydrogen-bond acceptors (Lipinski definition) is 3. The molecule has 0 amide bonds. The van der Waals surface area contributed by atoms with Crippen molar-refractivity contribution < 1.29 is 9.53 Å². The van der Waals surface area contributed by atoms with E-state index >= 15 is 0 Å². The van der Waals surface area contributed by atoms with Crippen LogP contribution >= 0.6 is 0 Å². The van der Waals surface area contributed by atoms with Gasteiger partial charge in [0.15, 0.2) is 0 Å². The molecule has 3 aromatic carbocycles. The number of carbonyl (C=O) groups excluding carboxylic acids is 1. The Morgan fingerprint density at radius 2 is 1.73 bits per heavy atom. The van der Waals surface area contributed by atoms with Crippen LogP contribution in [0.2, 0.25) is 0 Å². The van der Waals surface area contributed by atoms with E-state index in [1.54, 1.807) is 6.07 Å². The molecule has 0 atom stereocenters. The number of rotatable bonds is 3. The Morgan fingerprint density at radius 3 is 2.58 bits per heavy atom. The second-order valence-corrected chi connectivity index (χ2v) is 6.29. The minimum absolute atomic E-state index is 0.307. The Bertz CT molecular complexity index is 1130. The van der Waals surface area contributed by atoms with Crippen LogP contribution in [0.15, 0.2) is 66.7 Å². The lowest BCUT2D eigenvalue weighted by Gasteiger charge is -2.12. The molecule has 1 heterocycles. The molecule has 0 aliphatic carbocycles. The lowest BCUT2D eigenvalue weighted by molar-refractivity contribution is 0.0526. The van der Waals surface area contributed by atoms with E-state index in [4.69, 9.17) is 4.74 Å². The topological polar surface area (TPSA) is 39.2 Å². The third-order valence-electron chi connectivity index (χ3n) is 4.53. The Labute approximate surface area is 152 Å². The molecule has 1 aromatic heterocycles. The number of aryl methyl sites for hydroxylation is 1. The number of hydrogen-bond donors (Lipinski definition) is 0. The lowest BCUT2D eigenvalue weighted by atomic mass is 9.94. The number of fused-ring (bicyclic) bond motifs is 2. The molecular weight excluding hydrogens is 322 g/mol. The molecule has 0 N–H and O–H groups in total. The van der Waals surface area contributed by atoms with Crippen LogP contribution in [0.1, 0.15) is 23.0 Å². The summed E-state index contributed by atoms with van der Waals surface area (Å²) in [6, 6.07) is 22.3.